The molecule has 0 radical (unpaired) electrons. The van der Waals surface area contributed by atoms with E-state index in [-0.39, 0.29) is 22.4 Å². The molecule has 140 valence electrons. The first-order chi connectivity index (χ1) is 12.6. The summed E-state index contributed by atoms with van der Waals surface area (Å²) in [5.41, 5.74) is -2.11. The van der Waals surface area contributed by atoms with Crippen molar-refractivity contribution >= 4 is 0 Å². The van der Waals surface area contributed by atoms with Crippen LogP contribution in [0.4, 0.5) is 26.3 Å². The summed E-state index contributed by atoms with van der Waals surface area (Å²) in [7, 11) is 0. The van der Waals surface area contributed by atoms with Crippen molar-refractivity contribution in [3.8, 4) is 22.4 Å². The smallest absolute Gasteiger partial charge is 0.252 e. The lowest BCUT2D eigenvalue weighted by atomic mass is 9.92. The van der Waals surface area contributed by atoms with Crippen molar-refractivity contribution in [1.82, 2.24) is 4.98 Å². The molecule has 0 N–H and O–H groups in total. The van der Waals surface area contributed by atoms with Crippen LogP contribution in [0, 0.1) is 6.92 Å². The SMILES string of the molecule is Cc1ccc(-c2ccccc2C(F)(F)F)c(-c2ccccc2C(F)(F)F)n1. The van der Waals surface area contributed by atoms with Crippen molar-refractivity contribution in [2.75, 3.05) is 0 Å². The van der Waals surface area contributed by atoms with E-state index < -0.39 is 23.5 Å². The highest BCUT2D eigenvalue weighted by molar-refractivity contribution is 5.84. The van der Waals surface area contributed by atoms with Gasteiger partial charge in [0, 0.05) is 16.8 Å². The van der Waals surface area contributed by atoms with Gasteiger partial charge in [0.05, 0.1) is 16.8 Å². The Morgan fingerprint density at radius 2 is 1.07 bits per heavy atom. The number of aromatic nitrogens is 1. The molecule has 0 atom stereocenters. The van der Waals surface area contributed by atoms with E-state index in [0.29, 0.717) is 5.69 Å². The molecule has 0 spiro atoms. The zero-order valence-electron chi connectivity index (χ0n) is 14.0. The Morgan fingerprint density at radius 3 is 1.63 bits per heavy atom. The van der Waals surface area contributed by atoms with E-state index >= 15 is 0 Å². The zero-order valence-corrected chi connectivity index (χ0v) is 14.0. The van der Waals surface area contributed by atoms with Gasteiger partial charge in [-0.05, 0) is 30.7 Å². The van der Waals surface area contributed by atoms with E-state index in [2.05, 4.69) is 4.98 Å². The maximum Gasteiger partial charge on any atom is 0.417 e. The van der Waals surface area contributed by atoms with Gasteiger partial charge in [0.2, 0.25) is 0 Å². The fraction of sp³-hybridized carbons (Fsp3) is 0.150. The fourth-order valence-corrected chi connectivity index (χ4v) is 2.88. The Balaban J connectivity index is 2.34. The number of pyridine rings is 1. The van der Waals surface area contributed by atoms with E-state index in [9.17, 15) is 26.3 Å². The molecule has 1 aromatic heterocycles. The molecular weight excluding hydrogens is 368 g/mol. The summed E-state index contributed by atoms with van der Waals surface area (Å²) in [5.74, 6) is 0. The summed E-state index contributed by atoms with van der Waals surface area (Å²) < 4.78 is 80.5. The standard InChI is InChI=1S/C20H13F6N/c1-12-10-11-14(13-6-2-4-8-16(13)19(21,22)23)18(27-12)15-7-3-5-9-17(15)20(24,25)26/h2-11H,1H3. The van der Waals surface area contributed by atoms with Crippen molar-refractivity contribution in [3.63, 3.8) is 0 Å². The number of nitrogens with zero attached hydrogens (tertiary/aromatic N) is 1. The van der Waals surface area contributed by atoms with E-state index in [0.717, 1.165) is 12.1 Å². The summed E-state index contributed by atoms with van der Waals surface area (Å²) >= 11 is 0. The van der Waals surface area contributed by atoms with Gasteiger partial charge in [0.15, 0.2) is 0 Å². The Kier molecular flexibility index (Phi) is 4.71. The molecule has 1 heterocycles. The van der Waals surface area contributed by atoms with Gasteiger partial charge in [0.25, 0.3) is 0 Å². The Bertz CT molecular complexity index is 973. The van der Waals surface area contributed by atoms with Crippen molar-refractivity contribution in [3.05, 3.63) is 77.5 Å². The third-order valence-electron chi connectivity index (χ3n) is 4.04. The first kappa shape index (κ1) is 18.9. The number of halogens is 6. The summed E-state index contributed by atoms with van der Waals surface area (Å²) in [6.45, 7) is 1.57. The number of alkyl halides is 6. The molecule has 0 aliphatic heterocycles. The molecule has 0 aliphatic rings. The molecule has 0 fully saturated rings. The highest BCUT2D eigenvalue weighted by atomic mass is 19.4. The lowest BCUT2D eigenvalue weighted by Gasteiger charge is -2.18. The van der Waals surface area contributed by atoms with Crippen LogP contribution in [0.15, 0.2) is 60.7 Å². The van der Waals surface area contributed by atoms with Crippen LogP contribution in [-0.4, -0.2) is 4.98 Å². The second-order valence-electron chi connectivity index (χ2n) is 5.94. The van der Waals surface area contributed by atoms with Gasteiger partial charge in [-0.1, -0.05) is 42.5 Å². The molecule has 7 heteroatoms. The maximum atomic E-state index is 13.4. The second-order valence-corrected chi connectivity index (χ2v) is 5.94. The largest absolute Gasteiger partial charge is 0.417 e. The molecule has 27 heavy (non-hydrogen) atoms. The van der Waals surface area contributed by atoms with E-state index in [1.807, 2.05) is 0 Å². The molecule has 3 rings (SSSR count). The minimum absolute atomic E-state index is 0.00905. The van der Waals surface area contributed by atoms with Crippen LogP contribution >= 0.6 is 0 Å². The normalized spacial score (nSPS) is 12.3. The minimum Gasteiger partial charge on any atom is -0.252 e. The number of aryl methyl sites for hydroxylation is 1. The van der Waals surface area contributed by atoms with Crippen molar-refractivity contribution < 1.29 is 26.3 Å². The van der Waals surface area contributed by atoms with Gasteiger partial charge in [-0.3, -0.25) is 4.98 Å². The summed E-state index contributed by atoms with van der Waals surface area (Å²) in [6, 6.07) is 12.3. The molecule has 0 bridgehead atoms. The predicted octanol–water partition coefficient (Wildman–Crippen LogP) is 6.76. The first-order valence-corrected chi connectivity index (χ1v) is 7.90. The van der Waals surface area contributed by atoms with Crippen LogP contribution in [0.3, 0.4) is 0 Å². The Labute approximate surface area is 151 Å². The molecule has 1 nitrogen and oxygen atoms in total. The number of hydrogen-bond acceptors (Lipinski definition) is 1. The molecule has 0 saturated heterocycles. The van der Waals surface area contributed by atoms with Crippen LogP contribution in [0.25, 0.3) is 22.4 Å². The quantitative estimate of drug-likeness (QED) is 0.447. The lowest BCUT2D eigenvalue weighted by Crippen LogP contribution is -2.10. The fourth-order valence-electron chi connectivity index (χ4n) is 2.88. The molecule has 0 saturated carbocycles. The van der Waals surface area contributed by atoms with Crippen LogP contribution in [-0.2, 0) is 12.4 Å². The third-order valence-corrected chi connectivity index (χ3v) is 4.04. The molecule has 3 aromatic rings. The Hall–Kier alpha value is -2.83. The molecule has 0 amide bonds. The number of hydrogen-bond donors (Lipinski definition) is 0. The van der Waals surface area contributed by atoms with Crippen LogP contribution in [0.2, 0.25) is 0 Å². The van der Waals surface area contributed by atoms with Crippen molar-refractivity contribution in [2.24, 2.45) is 0 Å². The van der Waals surface area contributed by atoms with Crippen molar-refractivity contribution in [2.45, 2.75) is 19.3 Å². The summed E-state index contributed by atoms with van der Waals surface area (Å²) in [6.07, 6.45) is -9.31. The predicted molar refractivity (Wildman–Crippen MR) is 89.9 cm³/mol. The van der Waals surface area contributed by atoms with Crippen molar-refractivity contribution in [1.29, 1.82) is 0 Å². The minimum atomic E-state index is -4.66. The van der Waals surface area contributed by atoms with Crippen LogP contribution in [0.1, 0.15) is 16.8 Å². The number of rotatable bonds is 2. The molecular formula is C20H13F6N. The summed E-state index contributed by atoms with van der Waals surface area (Å²) in [5, 5.41) is 0. The molecule has 0 aliphatic carbocycles. The topological polar surface area (TPSA) is 12.9 Å². The third kappa shape index (κ3) is 3.82. The van der Waals surface area contributed by atoms with Gasteiger partial charge in [0.1, 0.15) is 0 Å². The monoisotopic (exact) mass is 381 g/mol. The number of benzene rings is 2. The van der Waals surface area contributed by atoms with E-state index in [1.165, 1.54) is 48.5 Å². The van der Waals surface area contributed by atoms with Crippen LogP contribution < -0.4 is 0 Å². The average Bonchev–Trinajstić information content (AvgIpc) is 2.60. The molecule has 2 aromatic carbocycles. The first-order valence-electron chi connectivity index (χ1n) is 7.90. The second kappa shape index (κ2) is 6.72. The maximum absolute atomic E-state index is 13.4. The average molecular weight is 381 g/mol. The van der Waals surface area contributed by atoms with Gasteiger partial charge < -0.3 is 0 Å². The van der Waals surface area contributed by atoms with Gasteiger partial charge >= 0.3 is 12.4 Å². The summed E-state index contributed by atoms with van der Waals surface area (Å²) in [4.78, 5) is 4.15. The molecule has 0 unspecified atom stereocenters. The zero-order chi connectivity index (χ0) is 19.8. The van der Waals surface area contributed by atoms with E-state index in [4.69, 9.17) is 0 Å². The van der Waals surface area contributed by atoms with Gasteiger partial charge in [-0.25, -0.2) is 0 Å². The van der Waals surface area contributed by atoms with Crippen LogP contribution in [0.5, 0.6) is 0 Å². The lowest BCUT2D eigenvalue weighted by molar-refractivity contribution is -0.138. The van der Waals surface area contributed by atoms with Gasteiger partial charge in [-0.2, -0.15) is 26.3 Å². The highest BCUT2D eigenvalue weighted by Gasteiger charge is 2.36. The highest BCUT2D eigenvalue weighted by Crippen LogP contribution is 2.43. The van der Waals surface area contributed by atoms with Gasteiger partial charge in [-0.15, -0.1) is 0 Å². The Morgan fingerprint density at radius 1 is 0.593 bits per heavy atom. The van der Waals surface area contributed by atoms with E-state index in [1.54, 1.807) is 6.92 Å².